The van der Waals surface area contributed by atoms with Crippen molar-refractivity contribution in [3.8, 4) is 5.75 Å². The number of benzene rings is 2. The highest BCUT2D eigenvalue weighted by Crippen LogP contribution is 2.30. The van der Waals surface area contributed by atoms with Crippen molar-refractivity contribution in [2.24, 2.45) is 5.92 Å². The van der Waals surface area contributed by atoms with Crippen molar-refractivity contribution in [2.45, 2.75) is 17.7 Å². The quantitative estimate of drug-likeness (QED) is 0.615. The zero-order valence-corrected chi connectivity index (χ0v) is 18.6. The molecule has 158 valence electrons. The number of rotatable bonds is 5. The number of halogens is 1. The molecule has 1 amide bonds. The fourth-order valence-electron chi connectivity index (χ4n) is 3.43. The van der Waals surface area contributed by atoms with E-state index < -0.39 is 15.9 Å². The Kier molecular flexibility index (Phi) is 5.97. The predicted octanol–water partition coefficient (Wildman–Crippen LogP) is 4.00. The van der Waals surface area contributed by atoms with E-state index in [4.69, 9.17) is 16.3 Å². The molecular formula is C20H20ClN3O4S2. The lowest BCUT2D eigenvalue weighted by Crippen LogP contribution is -2.43. The van der Waals surface area contributed by atoms with Crippen LogP contribution in [0.5, 0.6) is 5.75 Å². The zero-order chi connectivity index (χ0) is 21.3. The summed E-state index contributed by atoms with van der Waals surface area (Å²) in [6.45, 7) is 0.523. The molecule has 0 saturated carbocycles. The van der Waals surface area contributed by atoms with Crippen molar-refractivity contribution >= 4 is 54.2 Å². The van der Waals surface area contributed by atoms with Crippen LogP contribution in [0.1, 0.15) is 12.8 Å². The second-order valence-electron chi connectivity index (χ2n) is 7.00. The van der Waals surface area contributed by atoms with Crippen molar-refractivity contribution in [2.75, 3.05) is 25.5 Å². The maximum absolute atomic E-state index is 13.0. The van der Waals surface area contributed by atoms with E-state index in [9.17, 15) is 13.2 Å². The topological polar surface area (TPSA) is 88.6 Å². The second kappa shape index (κ2) is 8.50. The lowest BCUT2D eigenvalue weighted by atomic mass is 9.99. The summed E-state index contributed by atoms with van der Waals surface area (Å²) < 4.78 is 33.3. The molecule has 0 spiro atoms. The van der Waals surface area contributed by atoms with Gasteiger partial charge in [0.15, 0.2) is 5.13 Å². The van der Waals surface area contributed by atoms with E-state index in [1.165, 1.54) is 34.9 Å². The Morgan fingerprint density at radius 1 is 1.27 bits per heavy atom. The summed E-state index contributed by atoms with van der Waals surface area (Å²) in [7, 11) is -2.16. The number of amides is 1. The standard InChI is InChI=1S/C20H20ClN3O4S2/c1-28-15-5-7-16(8-6-15)30(26,27)24-10-2-3-13(12-24)19(25)23-20-22-17-9-4-14(21)11-18(17)29-20/h4-9,11,13H,2-3,10,12H2,1H3,(H,22,23,25). The first kappa shape index (κ1) is 21.0. The number of carbonyl (C=O) groups is 1. The van der Waals surface area contributed by atoms with Crippen LogP contribution in [0.15, 0.2) is 47.4 Å². The predicted molar refractivity (Wildman–Crippen MR) is 118 cm³/mol. The number of carbonyl (C=O) groups excluding carboxylic acids is 1. The van der Waals surface area contributed by atoms with Gasteiger partial charge in [-0.1, -0.05) is 22.9 Å². The van der Waals surface area contributed by atoms with Gasteiger partial charge < -0.3 is 10.1 Å². The average molecular weight is 466 g/mol. The highest BCUT2D eigenvalue weighted by Gasteiger charge is 2.33. The van der Waals surface area contributed by atoms with Crippen molar-refractivity contribution in [3.05, 3.63) is 47.5 Å². The summed E-state index contributed by atoms with van der Waals surface area (Å²) in [4.78, 5) is 17.4. The van der Waals surface area contributed by atoms with E-state index in [1.54, 1.807) is 30.3 Å². The number of nitrogens with one attached hydrogen (secondary N) is 1. The molecule has 1 aliphatic heterocycles. The molecular weight excluding hydrogens is 446 g/mol. The summed E-state index contributed by atoms with van der Waals surface area (Å²) in [6, 6.07) is 11.6. The molecule has 4 rings (SSSR count). The van der Waals surface area contributed by atoms with Gasteiger partial charge in [0.1, 0.15) is 5.75 Å². The lowest BCUT2D eigenvalue weighted by Gasteiger charge is -2.31. The maximum Gasteiger partial charge on any atom is 0.243 e. The smallest absolute Gasteiger partial charge is 0.243 e. The average Bonchev–Trinajstić information content (AvgIpc) is 3.15. The number of hydrogen-bond donors (Lipinski definition) is 1. The molecule has 0 bridgehead atoms. The first-order valence-electron chi connectivity index (χ1n) is 9.38. The molecule has 2 heterocycles. The number of fused-ring (bicyclic) bond motifs is 1. The molecule has 1 aliphatic rings. The number of ether oxygens (including phenoxy) is 1. The summed E-state index contributed by atoms with van der Waals surface area (Å²) in [6.07, 6.45) is 1.24. The molecule has 1 N–H and O–H groups in total. The van der Waals surface area contributed by atoms with E-state index in [1.807, 2.05) is 0 Å². The third-order valence-corrected chi connectivity index (χ3v) is 8.08. The van der Waals surface area contributed by atoms with Gasteiger partial charge in [0, 0.05) is 18.1 Å². The second-order valence-corrected chi connectivity index (χ2v) is 10.4. The van der Waals surface area contributed by atoms with E-state index in [0.29, 0.717) is 35.3 Å². The van der Waals surface area contributed by atoms with Gasteiger partial charge in [-0.2, -0.15) is 4.31 Å². The molecule has 0 aliphatic carbocycles. The molecule has 30 heavy (non-hydrogen) atoms. The van der Waals surface area contributed by atoms with Crippen LogP contribution in [-0.4, -0.2) is 43.8 Å². The number of aromatic nitrogens is 1. The molecule has 0 radical (unpaired) electrons. The minimum Gasteiger partial charge on any atom is -0.497 e. The normalized spacial score (nSPS) is 17.7. The third-order valence-electron chi connectivity index (χ3n) is 5.03. The monoisotopic (exact) mass is 465 g/mol. The largest absolute Gasteiger partial charge is 0.497 e. The minimum absolute atomic E-state index is 0.136. The molecule has 1 fully saturated rings. The summed E-state index contributed by atoms with van der Waals surface area (Å²) in [5, 5.41) is 3.92. The highest BCUT2D eigenvalue weighted by atomic mass is 35.5. The van der Waals surface area contributed by atoms with Crippen LogP contribution >= 0.6 is 22.9 Å². The van der Waals surface area contributed by atoms with Crippen LogP contribution in [0, 0.1) is 5.92 Å². The molecule has 1 atom stereocenters. The van der Waals surface area contributed by atoms with Gasteiger partial charge in [0.2, 0.25) is 15.9 Å². The van der Waals surface area contributed by atoms with Crippen LogP contribution < -0.4 is 10.1 Å². The van der Waals surface area contributed by atoms with Gasteiger partial charge in [-0.05, 0) is 55.3 Å². The Morgan fingerprint density at radius 2 is 2.03 bits per heavy atom. The number of hydrogen-bond acceptors (Lipinski definition) is 6. The van der Waals surface area contributed by atoms with E-state index in [0.717, 1.165) is 10.2 Å². The third kappa shape index (κ3) is 4.29. The Hall–Kier alpha value is -2.20. The summed E-state index contributed by atoms with van der Waals surface area (Å²) >= 11 is 7.34. The zero-order valence-electron chi connectivity index (χ0n) is 16.2. The van der Waals surface area contributed by atoms with Crippen molar-refractivity contribution in [1.29, 1.82) is 0 Å². The van der Waals surface area contributed by atoms with Crippen molar-refractivity contribution in [3.63, 3.8) is 0 Å². The number of thiazole rings is 1. The molecule has 3 aromatic rings. The van der Waals surface area contributed by atoms with Gasteiger partial charge in [0.05, 0.1) is 28.1 Å². The Balaban J connectivity index is 1.47. The summed E-state index contributed by atoms with van der Waals surface area (Å²) in [5.74, 6) is -0.0841. The van der Waals surface area contributed by atoms with Gasteiger partial charge in [0.25, 0.3) is 0 Å². The van der Waals surface area contributed by atoms with Crippen molar-refractivity contribution < 1.29 is 17.9 Å². The Labute approximate surface area is 183 Å². The molecule has 1 unspecified atom stereocenters. The van der Waals surface area contributed by atoms with Crippen LogP contribution in [0.25, 0.3) is 10.2 Å². The number of piperidine rings is 1. The van der Waals surface area contributed by atoms with Gasteiger partial charge in [-0.15, -0.1) is 0 Å². The minimum atomic E-state index is -3.68. The highest BCUT2D eigenvalue weighted by molar-refractivity contribution is 7.89. The SMILES string of the molecule is COc1ccc(S(=O)(=O)N2CCCC(C(=O)Nc3nc4ccc(Cl)cc4s3)C2)cc1. The van der Waals surface area contributed by atoms with Crippen molar-refractivity contribution in [1.82, 2.24) is 9.29 Å². The Morgan fingerprint density at radius 3 is 2.77 bits per heavy atom. The Bertz CT molecular complexity index is 1180. The number of sulfonamides is 1. The molecule has 1 saturated heterocycles. The van der Waals surface area contributed by atoms with Gasteiger partial charge in [-0.25, -0.2) is 13.4 Å². The molecule has 10 heteroatoms. The first-order chi connectivity index (χ1) is 14.4. The number of methoxy groups -OCH3 is 1. The summed E-state index contributed by atoms with van der Waals surface area (Å²) in [5.41, 5.74) is 0.757. The lowest BCUT2D eigenvalue weighted by molar-refractivity contribution is -0.120. The fraction of sp³-hybridized carbons (Fsp3) is 0.300. The van der Waals surface area contributed by atoms with E-state index in [2.05, 4.69) is 10.3 Å². The maximum atomic E-state index is 13.0. The number of nitrogens with zero attached hydrogens (tertiary/aromatic N) is 2. The van der Waals surface area contributed by atoms with Crippen LogP contribution in [0.3, 0.4) is 0 Å². The molecule has 1 aromatic heterocycles. The number of anilines is 1. The van der Waals surface area contributed by atoms with E-state index in [-0.39, 0.29) is 17.3 Å². The van der Waals surface area contributed by atoms with Gasteiger partial charge in [-0.3, -0.25) is 4.79 Å². The first-order valence-corrected chi connectivity index (χ1v) is 12.0. The molecule has 2 aromatic carbocycles. The van der Waals surface area contributed by atoms with Crippen LogP contribution in [0.2, 0.25) is 5.02 Å². The molecule has 7 nitrogen and oxygen atoms in total. The fourth-order valence-corrected chi connectivity index (χ4v) is 6.10. The van der Waals surface area contributed by atoms with Gasteiger partial charge >= 0.3 is 0 Å². The van der Waals surface area contributed by atoms with Crippen LogP contribution in [-0.2, 0) is 14.8 Å². The van der Waals surface area contributed by atoms with E-state index >= 15 is 0 Å². The van der Waals surface area contributed by atoms with Crippen LogP contribution in [0.4, 0.5) is 5.13 Å².